The summed E-state index contributed by atoms with van der Waals surface area (Å²) in [5, 5.41) is 9.62. The maximum absolute atomic E-state index is 13.0. The third-order valence-electron chi connectivity index (χ3n) is 3.47. The van der Waals surface area contributed by atoms with Gasteiger partial charge in [0.25, 0.3) is 0 Å². The van der Waals surface area contributed by atoms with Crippen molar-refractivity contribution in [2.45, 2.75) is 39.5 Å². The molecule has 0 fully saturated rings. The van der Waals surface area contributed by atoms with Crippen molar-refractivity contribution in [3.05, 3.63) is 41.1 Å². The third-order valence-corrected chi connectivity index (χ3v) is 3.47. The minimum absolute atomic E-state index is 0. The molecular formula is C16H23F3IN5O. The molecule has 10 heteroatoms. The van der Waals surface area contributed by atoms with Crippen LogP contribution in [-0.4, -0.2) is 22.3 Å². The van der Waals surface area contributed by atoms with Crippen LogP contribution in [-0.2, 0) is 19.8 Å². The van der Waals surface area contributed by atoms with E-state index in [0.717, 1.165) is 16.2 Å². The van der Waals surface area contributed by atoms with Crippen LogP contribution >= 0.6 is 24.0 Å². The number of alkyl halides is 3. The van der Waals surface area contributed by atoms with Gasteiger partial charge in [-0.15, -0.1) is 24.0 Å². The molecule has 0 spiro atoms. The number of aliphatic imine (C=N–C) groups is 1. The van der Waals surface area contributed by atoms with E-state index >= 15 is 0 Å². The molecule has 0 aliphatic rings. The van der Waals surface area contributed by atoms with Crippen LogP contribution in [0.4, 0.5) is 13.2 Å². The van der Waals surface area contributed by atoms with Gasteiger partial charge in [0, 0.05) is 25.4 Å². The van der Waals surface area contributed by atoms with Gasteiger partial charge in [0.2, 0.25) is 0 Å². The Bertz CT molecular complexity index is 739. The second-order valence-electron chi connectivity index (χ2n) is 5.68. The molecule has 2 heterocycles. The Morgan fingerprint density at radius 1 is 1.38 bits per heavy atom. The van der Waals surface area contributed by atoms with Crippen LogP contribution in [0.1, 0.15) is 42.7 Å². The number of nitrogens with zero attached hydrogens (tertiary/aromatic N) is 3. The van der Waals surface area contributed by atoms with Crippen molar-refractivity contribution in [1.29, 1.82) is 0 Å². The highest BCUT2D eigenvalue weighted by Crippen LogP contribution is 2.30. The molecule has 0 amide bonds. The van der Waals surface area contributed by atoms with Crippen molar-refractivity contribution < 1.29 is 17.6 Å². The number of nitrogens with one attached hydrogen (secondary N) is 2. The maximum atomic E-state index is 13.0. The largest absolute Gasteiger partial charge is 0.464 e. The van der Waals surface area contributed by atoms with Gasteiger partial charge in [-0.1, -0.05) is 0 Å². The van der Waals surface area contributed by atoms with Gasteiger partial charge in [-0.2, -0.15) is 18.3 Å². The molecule has 2 rings (SSSR count). The molecule has 2 aromatic rings. The summed E-state index contributed by atoms with van der Waals surface area (Å²) in [7, 11) is 1.45. The van der Waals surface area contributed by atoms with Gasteiger partial charge in [-0.3, -0.25) is 4.68 Å². The fraction of sp³-hybridized carbons (Fsp3) is 0.500. The van der Waals surface area contributed by atoms with Crippen LogP contribution in [0.3, 0.4) is 0 Å². The zero-order valence-corrected chi connectivity index (χ0v) is 17.3. The summed E-state index contributed by atoms with van der Waals surface area (Å²) in [5.74, 6) is 1.91. The molecule has 26 heavy (non-hydrogen) atoms. The normalized spacial score (nSPS) is 13.3. The lowest BCUT2D eigenvalue weighted by Gasteiger charge is -2.16. The minimum atomic E-state index is -4.50. The van der Waals surface area contributed by atoms with Gasteiger partial charge in [-0.25, -0.2) is 4.99 Å². The summed E-state index contributed by atoms with van der Waals surface area (Å²) in [4.78, 5) is 4.24. The van der Waals surface area contributed by atoms with E-state index in [1.165, 1.54) is 13.2 Å². The van der Waals surface area contributed by atoms with E-state index in [2.05, 4.69) is 20.7 Å². The van der Waals surface area contributed by atoms with E-state index in [-0.39, 0.29) is 42.1 Å². The van der Waals surface area contributed by atoms with Crippen molar-refractivity contribution in [2.24, 2.45) is 12.0 Å². The van der Waals surface area contributed by atoms with Gasteiger partial charge in [-0.05, 0) is 32.9 Å². The standard InChI is InChI=1S/C16H22F3N5O.HI/c1-5-20-15(22-11(3)13-7-6-10(2)25-13)21-8-12-9-24(4)23-14(12)16(17,18)19;/h6-7,9,11H,5,8H2,1-4H3,(H2,20,21,22);1H. The molecule has 1 atom stereocenters. The van der Waals surface area contributed by atoms with Crippen molar-refractivity contribution in [1.82, 2.24) is 20.4 Å². The van der Waals surface area contributed by atoms with Gasteiger partial charge in [0.1, 0.15) is 11.5 Å². The average molecular weight is 485 g/mol. The number of aromatic nitrogens is 2. The van der Waals surface area contributed by atoms with E-state index < -0.39 is 11.9 Å². The molecule has 0 radical (unpaired) electrons. The minimum Gasteiger partial charge on any atom is -0.464 e. The molecule has 0 saturated carbocycles. The van der Waals surface area contributed by atoms with Gasteiger partial charge >= 0.3 is 6.18 Å². The third kappa shape index (κ3) is 5.92. The van der Waals surface area contributed by atoms with Crippen molar-refractivity contribution in [3.8, 4) is 0 Å². The highest BCUT2D eigenvalue weighted by Gasteiger charge is 2.36. The van der Waals surface area contributed by atoms with Gasteiger partial charge < -0.3 is 15.1 Å². The van der Waals surface area contributed by atoms with Crippen LogP contribution in [0.2, 0.25) is 0 Å². The Morgan fingerprint density at radius 3 is 2.62 bits per heavy atom. The molecule has 0 aliphatic carbocycles. The second kappa shape index (κ2) is 9.28. The van der Waals surface area contributed by atoms with E-state index in [1.807, 2.05) is 32.9 Å². The molecule has 0 aliphatic heterocycles. The lowest BCUT2D eigenvalue weighted by molar-refractivity contribution is -0.142. The fourth-order valence-electron chi connectivity index (χ4n) is 2.34. The summed E-state index contributed by atoms with van der Waals surface area (Å²) >= 11 is 0. The van der Waals surface area contributed by atoms with E-state index in [4.69, 9.17) is 4.42 Å². The number of halogens is 4. The van der Waals surface area contributed by atoms with E-state index in [9.17, 15) is 13.2 Å². The summed E-state index contributed by atoms with van der Waals surface area (Å²) < 4.78 is 45.7. The summed E-state index contributed by atoms with van der Waals surface area (Å²) in [5.41, 5.74) is -0.891. The highest BCUT2D eigenvalue weighted by molar-refractivity contribution is 14.0. The molecule has 1 unspecified atom stereocenters. The Morgan fingerprint density at radius 2 is 2.08 bits per heavy atom. The first-order valence-corrected chi connectivity index (χ1v) is 7.91. The van der Waals surface area contributed by atoms with Crippen LogP contribution in [0.5, 0.6) is 0 Å². The number of aryl methyl sites for hydroxylation is 2. The van der Waals surface area contributed by atoms with E-state index in [1.54, 1.807) is 0 Å². The molecule has 2 aromatic heterocycles. The van der Waals surface area contributed by atoms with Crippen LogP contribution in [0.25, 0.3) is 0 Å². The molecule has 0 saturated heterocycles. The first-order valence-electron chi connectivity index (χ1n) is 7.91. The number of guanidine groups is 1. The van der Waals surface area contributed by atoms with Crippen LogP contribution in [0, 0.1) is 6.92 Å². The molecule has 0 aromatic carbocycles. The van der Waals surface area contributed by atoms with Crippen molar-refractivity contribution in [2.75, 3.05) is 6.54 Å². The average Bonchev–Trinajstić information content (AvgIpc) is 3.10. The molecule has 0 bridgehead atoms. The zero-order chi connectivity index (χ0) is 18.6. The van der Waals surface area contributed by atoms with Crippen LogP contribution in [0.15, 0.2) is 27.7 Å². The zero-order valence-electron chi connectivity index (χ0n) is 15.0. The maximum Gasteiger partial charge on any atom is 0.435 e. The first-order chi connectivity index (χ1) is 11.7. The molecule has 2 N–H and O–H groups in total. The second-order valence-corrected chi connectivity index (χ2v) is 5.68. The highest BCUT2D eigenvalue weighted by atomic mass is 127. The quantitative estimate of drug-likeness (QED) is 0.385. The number of furan rings is 1. The van der Waals surface area contributed by atoms with Crippen LogP contribution < -0.4 is 10.6 Å². The Hall–Kier alpha value is -1.72. The summed E-state index contributed by atoms with van der Waals surface area (Å²) in [6.45, 7) is 6.05. The fourth-order valence-corrected chi connectivity index (χ4v) is 2.34. The lowest BCUT2D eigenvalue weighted by Crippen LogP contribution is -2.38. The molecular weight excluding hydrogens is 462 g/mol. The predicted octanol–water partition coefficient (Wildman–Crippen LogP) is 3.77. The number of rotatable bonds is 5. The van der Waals surface area contributed by atoms with Crippen molar-refractivity contribution in [3.63, 3.8) is 0 Å². The Balaban J connectivity index is 0.00000338. The number of hydrogen-bond acceptors (Lipinski definition) is 3. The number of hydrogen-bond donors (Lipinski definition) is 2. The lowest BCUT2D eigenvalue weighted by atomic mass is 10.2. The van der Waals surface area contributed by atoms with Gasteiger partial charge in [0.05, 0.1) is 12.6 Å². The Labute approximate surface area is 167 Å². The van der Waals surface area contributed by atoms with Gasteiger partial charge in [0.15, 0.2) is 11.7 Å². The molecule has 146 valence electrons. The monoisotopic (exact) mass is 485 g/mol. The molecule has 6 nitrogen and oxygen atoms in total. The summed E-state index contributed by atoms with van der Waals surface area (Å²) in [6, 6.07) is 3.52. The topological polar surface area (TPSA) is 67.4 Å². The SMILES string of the molecule is CCNC(=NCc1cn(C)nc1C(F)(F)F)NC(C)c1ccc(C)o1.I. The smallest absolute Gasteiger partial charge is 0.435 e. The first kappa shape index (κ1) is 22.3. The van der Waals surface area contributed by atoms with Crippen molar-refractivity contribution >= 4 is 29.9 Å². The summed E-state index contributed by atoms with van der Waals surface area (Å²) in [6.07, 6.45) is -3.17. The van der Waals surface area contributed by atoms with E-state index in [0.29, 0.717) is 12.5 Å². The predicted molar refractivity (Wildman–Crippen MR) is 103 cm³/mol. The Kier molecular flexibility index (Phi) is 7.97.